The van der Waals surface area contributed by atoms with Crippen LogP contribution in [0.4, 0.5) is 57.0 Å². The van der Waals surface area contributed by atoms with Crippen LogP contribution in [0.15, 0.2) is 97.6 Å². The van der Waals surface area contributed by atoms with Gasteiger partial charge in [-0.1, -0.05) is 0 Å². The van der Waals surface area contributed by atoms with E-state index in [1.54, 1.807) is 24.8 Å². The molecule has 4 aromatic rings. The molecule has 0 spiro atoms. The molecule has 0 aliphatic heterocycles. The van der Waals surface area contributed by atoms with Crippen LogP contribution in [-0.4, -0.2) is 30.5 Å². The number of pyridine rings is 2. The summed E-state index contributed by atoms with van der Waals surface area (Å²) in [7, 11) is -10.8. The summed E-state index contributed by atoms with van der Waals surface area (Å²) in [4.78, 5) is 49.1. The number of amides is 4. The van der Waals surface area contributed by atoms with Crippen molar-refractivity contribution in [3.05, 3.63) is 129 Å². The number of benzene rings is 2. The molecule has 0 radical (unpaired) electrons. The van der Waals surface area contributed by atoms with Gasteiger partial charge >= 0.3 is 45.3 Å². The largest absolute Gasteiger partial charge is 0.334 e. The second kappa shape index (κ2) is 15.2. The average molecular weight is 689 g/mol. The minimum Gasteiger partial charge on any atom is -0.334 e. The molecule has 14 nitrogen and oxygen atoms in total. The van der Waals surface area contributed by atoms with E-state index >= 15 is 0 Å². The zero-order valence-electron chi connectivity index (χ0n) is 23.8. The number of nitro groups is 2. The summed E-state index contributed by atoms with van der Waals surface area (Å²) in [5.74, 6) is 0. The van der Waals surface area contributed by atoms with E-state index in [-0.39, 0.29) is 23.4 Å². The molecule has 47 heavy (non-hydrogen) atoms. The molecular weight excluding hydrogens is 662 g/mol. The maximum absolute atomic E-state index is 11.6. The van der Waals surface area contributed by atoms with Gasteiger partial charge in [0.1, 0.15) is 0 Å². The fourth-order valence-electron chi connectivity index (χ4n) is 3.13. The van der Waals surface area contributed by atoms with Crippen LogP contribution in [0.3, 0.4) is 0 Å². The van der Waals surface area contributed by atoms with E-state index in [9.17, 15) is 54.5 Å². The molecule has 6 N–H and O–H groups in total. The molecule has 2 aromatic carbocycles. The van der Waals surface area contributed by atoms with Crippen LogP contribution in [0.2, 0.25) is 0 Å². The van der Waals surface area contributed by atoms with Gasteiger partial charge in [0.25, 0.3) is 11.4 Å². The quantitative estimate of drug-likeness (QED) is 0.0611. The minimum atomic E-state index is -10.8. The topological polar surface area (TPSA) is 197 Å². The van der Waals surface area contributed by atoms with Gasteiger partial charge in [-0.3, -0.25) is 20.2 Å². The molecule has 0 saturated heterocycles. The molecule has 0 aliphatic carbocycles. The molecule has 0 aliphatic rings. The van der Waals surface area contributed by atoms with Crippen molar-refractivity contribution in [2.45, 2.75) is 13.1 Å². The third-order valence-corrected chi connectivity index (χ3v) is 5.12. The van der Waals surface area contributed by atoms with E-state index in [2.05, 4.69) is 31.2 Å². The Morgan fingerprint density at radius 1 is 0.617 bits per heavy atom. The van der Waals surface area contributed by atoms with Gasteiger partial charge < -0.3 is 21.3 Å². The standard InChI is InChI=1S/2C13H12N4O3.F6Si/c2*18-13(15-9-10-2-1-7-14-8-10)16-11-3-5-12(6-4-11)17(19)20;1-7(2,3,4,5)6/h2*1-8H,9H2,(H2,15,16,18);/q;;-2/p+2. The van der Waals surface area contributed by atoms with Gasteiger partial charge in [0.15, 0.2) is 24.8 Å². The van der Waals surface area contributed by atoms with Crippen molar-refractivity contribution in [1.29, 1.82) is 0 Å². The zero-order valence-corrected chi connectivity index (χ0v) is 24.8. The number of hydrogen-bond acceptors (Lipinski definition) is 6. The number of hydrogen-bond donors (Lipinski definition) is 4. The number of rotatable bonds is 8. The number of nitrogens with zero attached hydrogens (tertiary/aromatic N) is 2. The number of nitro benzene ring substituents is 2. The van der Waals surface area contributed by atoms with Crippen molar-refractivity contribution in [3.63, 3.8) is 0 Å². The summed E-state index contributed by atoms with van der Waals surface area (Å²) in [6, 6.07) is 17.9. The monoisotopic (exact) mass is 688 g/mol. The Bertz CT molecular complexity index is 1530. The summed E-state index contributed by atoms with van der Waals surface area (Å²) in [6.07, 6.45) is 7.12. The molecule has 0 atom stereocenters. The van der Waals surface area contributed by atoms with Crippen LogP contribution in [0.1, 0.15) is 11.1 Å². The van der Waals surface area contributed by atoms with Gasteiger partial charge in [0.05, 0.1) is 22.9 Å². The van der Waals surface area contributed by atoms with Crippen LogP contribution < -0.4 is 31.2 Å². The molecule has 0 unspecified atom stereocenters. The zero-order chi connectivity index (χ0) is 35.2. The summed E-state index contributed by atoms with van der Waals surface area (Å²) in [5.41, 5.74) is 2.82. The van der Waals surface area contributed by atoms with Crippen LogP contribution >= 0.6 is 0 Å². The van der Waals surface area contributed by atoms with Crippen molar-refractivity contribution in [1.82, 2.24) is 10.6 Å². The molecular formula is C26H26F6N8O6Si. The number of aromatic amines is 2. The molecule has 0 saturated carbocycles. The number of non-ortho nitro benzene ring substituents is 2. The van der Waals surface area contributed by atoms with Crippen molar-refractivity contribution < 1.29 is 54.1 Å². The second-order valence-corrected chi connectivity index (χ2v) is 11.3. The molecule has 252 valence electrons. The molecule has 0 bridgehead atoms. The van der Waals surface area contributed by atoms with Crippen LogP contribution in [0.25, 0.3) is 0 Å². The van der Waals surface area contributed by atoms with Gasteiger partial charge in [-0.15, -0.1) is 0 Å². The smallest absolute Gasteiger partial charge is 0.319 e. The SMILES string of the molecule is F[Si-2](F)(F)(F)(F)F.O=C(NCc1ccc[nH+]c1)Nc1ccc([N+](=O)[O-])cc1.O=C(NCc1ccc[nH+]c1)Nc1ccc([N+](=O)[O-])cc1. The first-order chi connectivity index (χ1) is 21.7. The third-order valence-electron chi connectivity index (χ3n) is 5.12. The Morgan fingerprint density at radius 2 is 0.936 bits per heavy atom. The first kappa shape index (κ1) is 37.1. The average Bonchev–Trinajstić information content (AvgIpc) is 2.99. The fourth-order valence-corrected chi connectivity index (χ4v) is 3.13. The number of H-pyrrole nitrogens is 2. The number of carbonyl (C=O) groups excluding carboxylic acids is 2. The summed E-state index contributed by atoms with van der Waals surface area (Å²) >= 11 is 0. The number of halogens is 6. The molecule has 2 heterocycles. The second-order valence-electron chi connectivity index (χ2n) is 9.12. The van der Waals surface area contributed by atoms with Gasteiger partial charge in [0, 0.05) is 58.9 Å². The van der Waals surface area contributed by atoms with Crippen molar-refractivity contribution >= 4 is 43.4 Å². The predicted octanol–water partition coefficient (Wildman–Crippen LogP) is 5.60. The maximum Gasteiger partial charge on any atom is 0.319 e. The normalized spacial score (nSPS) is 11.8. The maximum atomic E-state index is 11.6. The Morgan fingerprint density at radius 3 is 1.19 bits per heavy atom. The van der Waals surface area contributed by atoms with E-state index < -0.39 is 18.5 Å². The van der Waals surface area contributed by atoms with Gasteiger partial charge in [-0.2, -0.15) is 0 Å². The first-order valence-electron chi connectivity index (χ1n) is 12.9. The molecule has 4 amide bonds. The van der Waals surface area contributed by atoms with E-state index in [1.165, 1.54) is 48.5 Å². The number of nitrogens with one attached hydrogen (secondary N) is 6. The number of carbonyl (C=O) groups is 2. The van der Waals surface area contributed by atoms with Crippen LogP contribution in [-0.2, 0) is 13.1 Å². The van der Waals surface area contributed by atoms with E-state index in [4.69, 9.17) is 0 Å². The molecule has 2 aromatic heterocycles. The van der Waals surface area contributed by atoms with Crippen molar-refractivity contribution in [2.75, 3.05) is 10.6 Å². The summed E-state index contributed by atoms with van der Waals surface area (Å²) in [5, 5.41) is 31.5. The van der Waals surface area contributed by atoms with E-state index in [0.29, 0.717) is 24.5 Å². The number of anilines is 2. The fraction of sp³-hybridized carbons (Fsp3) is 0.0769. The Hall–Kier alpha value is -6.12. The molecule has 0 fully saturated rings. The van der Waals surface area contributed by atoms with Gasteiger partial charge in [-0.25, -0.2) is 19.6 Å². The van der Waals surface area contributed by atoms with Gasteiger partial charge in [0.2, 0.25) is 0 Å². The van der Waals surface area contributed by atoms with Gasteiger partial charge in [-0.05, 0) is 36.4 Å². The Kier molecular flexibility index (Phi) is 12.0. The summed E-state index contributed by atoms with van der Waals surface area (Å²) < 4.78 is 59.3. The third kappa shape index (κ3) is 18.3. The van der Waals surface area contributed by atoms with E-state index in [0.717, 1.165) is 11.1 Å². The minimum absolute atomic E-state index is 0.0178. The summed E-state index contributed by atoms with van der Waals surface area (Å²) in [6.45, 7) is 0.770. The Balaban J connectivity index is 0.000000273. The van der Waals surface area contributed by atoms with E-state index in [1.807, 2.05) is 24.3 Å². The van der Waals surface area contributed by atoms with Crippen LogP contribution in [0.5, 0.6) is 0 Å². The molecule has 4 rings (SSSR count). The van der Waals surface area contributed by atoms with Crippen molar-refractivity contribution in [3.8, 4) is 0 Å². The number of urea groups is 2. The molecule has 21 heteroatoms. The van der Waals surface area contributed by atoms with Crippen molar-refractivity contribution in [2.24, 2.45) is 0 Å². The Labute approximate surface area is 261 Å². The first-order valence-corrected chi connectivity index (χ1v) is 15.2. The predicted molar refractivity (Wildman–Crippen MR) is 156 cm³/mol. The van der Waals surface area contributed by atoms with Crippen LogP contribution in [0, 0.1) is 20.2 Å². The number of aromatic nitrogens is 2.